The van der Waals surface area contributed by atoms with Crippen molar-refractivity contribution in [2.24, 2.45) is 5.92 Å². The van der Waals surface area contributed by atoms with Crippen LogP contribution in [0.2, 0.25) is 0 Å². The number of nitrogens with zero attached hydrogens (tertiary/aromatic N) is 2. The minimum absolute atomic E-state index is 0.193. The maximum atomic E-state index is 13.9. The molecule has 1 aromatic carbocycles. The van der Waals surface area contributed by atoms with E-state index in [1.165, 1.54) is 18.6 Å². The molecule has 0 radical (unpaired) electrons. The van der Waals surface area contributed by atoms with Crippen molar-refractivity contribution in [1.29, 1.82) is 0 Å². The second kappa shape index (κ2) is 7.47. The van der Waals surface area contributed by atoms with Crippen LogP contribution in [0.5, 0.6) is 0 Å². The molecule has 0 amide bonds. The van der Waals surface area contributed by atoms with Crippen LogP contribution in [0.3, 0.4) is 0 Å². The fourth-order valence-electron chi connectivity index (χ4n) is 2.80. The predicted octanol–water partition coefficient (Wildman–Crippen LogP) is 2.56. The zero-order valence-corrected chi connectivity index (χ0v) is 12.3. The summed E-state index contributed by atoms with van der Waals surface area (Å²) in [5.41, 5.74) is 0.344. The highest BCUT2D eigenvalue weighted by Gasteiger charge is 2.20. The molecule has 1 fully saturated rings. The number of halogens is 1. The van der Waals surface area contributed by atoms with Gasteiger partial charge in [-0.15, -0.1) is 0 Å². The lowest BCUT2D eigenvalue weighted by Crippen LogP contribution is -2.34. The van der Waals surface area contributed by atoms with Crippen molar-refractivity contribution in [3.63, 3.8) is 0 Å². The van der Waals surface area contributed by atoms with Gasteiger partial charge in [0.05, 0.1) is 11.0 Å². The molecule has 21 heavy (non-hydrogen) atoms. The van der Waals surface area contributed by atoms with Crippen LogP contribution in [-0.2, 0) is 6.54 Å². The molecule has 1 aliphatic rings. The Bertz CT molecular complexity index is 488. The summed E-state index contributed by atoms with van der Waals surface area (Å²) in [7, 11) is 1.96. The molecule has 0 bridgehead atoms. The van der Waals surface area contributed by atoms with Gasteiger partial charge in [0.1, 0.15) is 5.82 Å². The molecule has 0 unspecified atom stereocenters. The minimum Gasteiger partial charge on any atom is -0.320 e. The average molecular weight is 295 g/mol. The SMILES string of the molecule is CNCCC1CCN(Cc2ccc([N+](=O)[O-])cc2F)CC1. The minimum atomic E-state index is -0.569. The molecule has 0 atom stereocenters. The van der Waals surface area contributed by atoms with Gasteiger partial charge in [-0.1, -0.05) is 0 Å². The van der Waals surface area contributed by atoms with Crippen molar-refractivity contribution >= 4 is 5.69 Å². The van der Waals surface area contributed by atoms with Gasteiger partial charge in [0.15, 0.2) is 0 Å². The molecule has 0 spiro atoms. The summed E-state index contributed by atoms with van der Waals surface area (Å²) in [6.07, 6.45) is 3.46. The van der Waals surface area contributed by atoms with Gasteiger partial charge in [0, 0.05) is 18.2 Å². The molecule has 1 aliphatic heterocycles. The van der Waals surface area contributed by atoms with E-state index >= 15 is 0 Å². The molecule has 0 aromatic heterocycles. The van der Waals surface area contributed by atoms with Crippen molar-refractivity contribution in [3.05, 3.63) is 39.7 Å². The number of likely N-dealkylation sites (tertiary alicyclic amines) is 1. The van der Waals surface area contributed by atoms with Crippen LogP contribution in [0.15, 0.2) is 18.2 Å². The second-order valence-corrected chi connectivity index (χ2v) is 5.64. The summed E-state index contributed by atoms with van der Waals surface area (Å²) in [4.78, 5) is 12.3. The Morgan fingerprint density at radius 1 is 1.43 bits per heavy atom. The zero-order chi connectivity index (χ0) is 15.2. The highest BCUT2D eigenvalue weighted by molar-refractivity contribution is 5.34. The monoisotopic (exact) mass is 295 g/mol. The number of nitro groups is 1. The van der Waals surface area contributed by atoms with E-state index in [1.54, 1.807) is 0 Å². The van der Waals surface area contributed by atoms with Gasteiger partial charge in [-0.3, -0.25) is 15.0 Å². The van der Waals surface area contributed by atoms with Crippen molar-refractivity contribution in [1.82, 2.24) is 10.2 Å². The zero-order valence-electron chi connectivity index (χ0n) is 12.3. The average Bonchev–Trinajstić information content (AvgIpc) is 2.48. The normalized spacial score (nSPS) is 17.0. The lowest BCUT2D eigenvalue weighted by Gasteiger charge is -2.32. The molecular formula is C15H22FN3O2. The first kappa shape index (κ1) is 15.9. The summed E-state index contributed by atoms with van der Waals surface area (Å²) in [5.74, 6) is 0.261. The molecular weight excluding hydrogens is 273 g/mol. The van der Waals surface area contributed by atoms with Gasteiger partial charge in [-0.25, -0.2) is 4.39 Å². The first-order chi connectivity index (χ1) is 10.1. The van der Waals surface area contributed by atoms with Crippen LogP contribution >= 0.6 is 0 Å². The molecule has 0 saturated carbocycles. The summed E-state index contributed by atoms with van der Waals surface area (Å²) >= 11 is 0. The smallest absolute Gasteiger partial charge is 0.272 e. The summed E-state index contributed by atoms with van der Waals surface area (Å²) < 4.78 is 13.9. The van der Waals surface area contributed by atoms with E-state index in [2.05, 4.69) is 10.2 Å². The van der Waals surface area contributed by atoms with Gasteiger partial charge in [-0.05, 0) is 57.9 Å². The number of hydrogen-bond donors (Lipinski definition) is 1. The van der Waals surface area contributed by atoms with Crippen LogP contribution in [0.1, 0.15) is 24.8 Å². The van der Waals surface area contributed by atoms with Gasteiger partial charge in [-0.2, -0.15) is 0 Å². The third kappa shape index (κ3) is 4.47. The summed E-state index contributed by atoms with van der Waals surface area (Å²) in [6.45, 7) is 3.50. The third-order valence-corrected chi connectivity index (χ3v) is 4.15. The quantitative estimate of drug-likeness (QED) is 0.647. The third-order valence-electron chi connectivity index (χ3n) is 4.15. The van der Waals surface area contributed by atoms with Gasteiger partial charge in [0.2, 0.25) is 0 Å². The first-order valence-electron chi connectivity index (χ1n) is 7.40. The van der Waals surface area contributed by atoms with Crippen LogP contribution in [0, 0.1) is 21.8 Å². The van der Waals surface area contributed by atoms with E-state index in [4.69, 9.17) is 0 Å². The Morgan fingerprint density at radius 3 is 2.71 bits per heavy atom. The number of piperidine rings is 1. The first-order valence-corrected chi connectivity index (χ1v) is 7.40. The fraction of sp³-hybridized carbons (Fsp3) is 0.600. The molecule has 6 heteroatoms. The van der Waals surface area contributed by atoms with E-state index in [0.717, 1.165) is 44.5 Å². The molecule has 1 N–H and O–H groups in total. The Kier molecular flexibility index (Phi) is 5.64. The van der Waals surface area contributed by atoms with E-state index in [-0.39, 0.29) is 5.69 Å². The Morgan fingerprint density at radius 2 is 2.14 bits per heavy atom. The van der Waals surface area contributed by atoms with Gasteiger partial charge in [0.25, 0.3) is 5.69 Å². The maximum absolute atomic E-state index is 13.9. The van der Waals surface area contributed by atoms with Crippen molar-refractivity contribution < 1.29 is 9.31 Å². The topological polar surface area (TPSA) is 58.4 Å². The number of nitrogens with one attached hydrogen (secondary N) is 1. The van der Waals surface area contributed by atoms with E-state index in [9.17, 15) is 14.5 Å². The van der Waals surface area contributed by atoms with Crippen LogP contribution in [0.4, 0.5) is 10.1 Å². The van der Waals surface area contributed by atoms with E-state index in [1.807, 2.05) is 7.05 Å². The molecule has 2 rings (SSSR count). The number of hydrogen-bond acceptors (Lipinski definition) is 4. The predicted molar refractivity (Wildman–Crippen MR) is 79.6 cm³/mol. The van der Waals surface area contributed by atoms with Crippen molar-refractivity contribution in [2.45, 2.75) is 25.8 Å². The lowest BCUT2D eigenvalue weighted by atomic mass is 9.93. The number of non-ortho nitro benzene ring substituents is 1. The Labute approximate surface area is 124 Å². The molecule has 116 valence electrons. The van der Waals surface area contributed by atoms with E-state index in [0.29, 0.717) is 12.1 Å². The van der Waals surface area contributed by atoms with Crippen LogP contribution < -0.4 is 5.32 Å². The molecule has 1 saturated heterocycles. The summed E-state index contributed by atoms with van der Waals surface area (Å²) in [6, 6.07) is 3.91. The largest absolute Gasteiger partial charge is 0.320 e. The number of rotatable bonds is 6. The molecule has 1 heterocycles. The summed E-state index contributed by atoms with van der Waals surface area (Å²) in [5, 5.41) is 13.8. The molecule has 1 aromatic rings. The van der Waals surface area contributed by atoms with Crippen LogP contribution in [-0.4, -0.2) is 36.5 Å². The molecule has 5 nitrogen and oxygen atoms in total. The van der Waals surface area contributed by atoms with Gasteiger partial charge < -0.3 is 5.32 Å². The van der Waals surface area contributed by atoms with Crippen molar-refractivity contribution in [2.75, 3.05) is 26.7 Å². The number of nitro benzene ring substituents is 1. The van der Waals surface area contributed by atoms with Crippen LogP contribution in [0.25, 0.3) is 0 Å². The Hall–Kier alpha value is -1.53. The van der Waals surface area contributed by atoms with Crippen molar-refractivity contribution in [3.8, 4) is 0 Å². The highest BCUT2D eigenvalue weighted by Crippen LogP contribution is 2.23. The number of benzene rings is 1. The second-order valence-electron chi connectivity index (χ2n) is 5.64. The standard InChI is InChI=1S/C15H22FN3O2/c1-17-7-4-12-5-8-18(9-6-12)11-13-2-3-14(19(20)21)10-15(13)16/h2-3,10,12,17H,4-9,11H2,1H3. The lowest BCUT2D eigenvalue weighted by molar-refractivity contribution is -0.385. The Balaban J connectivity index is 1.87. The van der Waals surface area contributed by atoms with Gasteiger partial charge >= 0.3 is 0 Å². The fourth-order valence-corrected chi connectivity index (χ4v) is 2.80. The van der Waals surface area contributed by atoms with E-state index < -0.39 is 10.7 Å². The molecule has 0 aliphatic carbocycles. The maximum Gasteiger partial charge on any atom is 0.272 e. The highest BCUT2D eigenvalue weighted by atomic mass is 19.1.